The SMILES string of the molecule is CCOC(C(C)C)C(NC)c1cccc2c1OCC2. The minimum Gasteiger partial charge on any atom is -0.493 e. The first-order valence-corrected chi connectivity index (χ1v) is 7.22. The average Bonchev–Trinajstić information content (AvgIpc) is 2.87. The zero-order chi connectivity index (χ0) is 13.8. The highest BCUT2D eigenvalue weighted by molar-refractivity contribution is 5.46. The summed E-state index contributed by atoms with van der Waals surface area (Å²) in [5, 5.41) is 3.41. The Kier molecular flexibility index (Phi) is 4.83. The second-order valence-electron chi connectivity index (χ2n) is 5.36. The third kappa shape index (κ3) is 2.93. The molecule has 0 aliphatic carbocycles. The van der Waals surface area contributed by atoms with E-state index in [0.717, 1.165) is 25.4 Å². The second kappa shape index (κ2) is 6.40. The number of fused-ring (bicyclic) bond motifs is 1. The first kappa shape index (κ1) is 14.4. The van der Waals surface area contributed by atoms with Gasteiger partial charge in [-0.25, -0.2) is 0 Å². The third-order valence-electron chi connectivity index (χ3n) is 3.74. The van der Waals surface area contributed by atoms with E-state index < -0.39 is 0 Å². The van der Waals surface area contributed by atoms with Crippen LogP contribution in [-0.4, -0.2) is 26.4 Å². The molecule has 1 heterocycles. The summed E-state index contributed by atoms with van der Waals surface area (Å²) in [6.07, 6.45) is 1.17. The number of hydrogen-bond acceptors (Lipinski definition) is 3. The number of benzene rings is 1. The molecular formula is C16H25NO2. The molecule has 0 saturated heterocycles. The molecular weight excluding hydrogens is 238 g/mol. The molecule has 1 aliphatic heterocycles. The molecule has 3 nitrogen and oxygen atoms in total. The van der Waals surface area contributed by atoms with Crippen molar-refractivity contribution in [2.45, 2.75) is 39.3 Å². The van der Waals surface area contributed by atoms with Crippen molar-refractivity contribution >= 4 is 0 Å². The molecule has 19 heavy (non-hydrogen) atoms. The summed E-state index contributed by atoms with van der Waals surface area (Å²) in [5.74, 6) is 1.52. The van der Waals surface area contributed by atoms with Crippen LogP contribution >= 0.6 is 0 Å². The third-order valence-corrected chi connectivity index (χ3v) is 3.74. The van der Waals surface area contributed by atoms with E-state index >= 15 is 0 Å². The van der Waals surface area contributed by atoms with Gasteiger partial charge in [-0.15, -0.1) is 0 Å². The van der Waals surface area contributed by atoms with Gasteiger partial charge in [0, 0.05) is 18.6 Å². The van der Waals surface area contributed by atoms with Crippen molar-refractivity contribution in [3.05, 3.63) is 29.3 Å². The lowest BCUT2D eigenvalue weighted by Gasteiger charge is -2.31. The summed E-state index contributed by atoms with van der Waals surface area (Å²) in [7, 11) is 1.99. The fourth-order valence-corrected chi connectivity index (χ4v) is 2.85. The normalized spacial score (nSPS) is 17.1. The molecule has 2 rings (SSSR count). The maximum absolute atomic E-state index is 5.95. The Hall–Kier alpha value is -1.06. The highest BCUT2D eigenvalue weighted by Gasteiger charge is 2.29. The fourth-order valence-electron chi connectivity index (χ4n) is 2.85. The summed E-state index contributed by atoms with van der Waals surface area (Å²) in [5.41, 5.74) is 2.54. The topological polar surface area (TPSA) is 30.5 Å². The van der Waals surface area contributed by atoms with Crippen LogP contribution in [0, 0.1) is 5.92 Å². The predicted octanol–water partition coefficient (Wildman–Crippen LogP) is 2.94. The molecule has 0 aromatic heterocycles. The Morgan fingerprint density at radius 1 is 1.37 bits per heavy atom. The van der Waals surface area contributed by atoms with Gasteiger partial charge in [-0.3, -0.25) is 0 Å². The molecule has 0 saturated carbocycles. The van der Waals surface area contributed by atoms with Crippen molar-refractivity contribution in [3.63, 3.8) is 0 Å². The Morgan fingerprint density at radius 2 is 2.16 bits per heavy atom. The minimum atomic E-state index is 0.158. The molecule has 2 atom stereocenters. The van der Waals surface area contributed by atoms with E-state index in [-0.39, 0.29) is 12.1 Å². The van der Waals surface area contributed by atoms with Crippen molar-refractivity contribution in [3.8, 4) is 5.75 Å². The fraction of sp³-hybridized carbons (Fsp3) is 0.625. The van der Waals surface area contributed by atoms with Gasteiger partial charge in [0.15, 0.2) is 0 Å². The molecule has 0 spiro atoms. The number of hydrogen-bond donors (Lipinski definition) is 1. The molecule has 0 amide bonds. The largest absolute Gasteiger partial charge is 0.493 e. The van der Waals surface area contributed by atoms with Crippen molar-refractivity contribution < 1.29 is 9.47 Å². The molecule has 1 aromatic carbocycles. The van der Waals surface area contributed by atoms with Crippen LogP contribution in [0.1, 0.15) is 37.9 Å². The van der Waals surface area contributed by atoms with Crippen molar-refractivity contribution in [1.29, 1.82) is 0 Å². The number of para-hydroxylation sites is 1. The molecule has 106 valence electrons. The zero-order valence-electron chi connectivity index (χ0n) is 12.4. The van der Waals surface area contributed by atoms with Crippen LogP contribution in [0.4, 0.5) is 0 Å². The van der Waals surface area contributed by atoms with E-state index in [2.05, 4.69) is 37.4 Å². The molecule has 1 aliphatic rings. The van der Waals surface area contributed by atoms with Gasteiger partial charge in [-0.1, -0.05) is 32.0 Å². The van der Waals surface area contributed by atoms with Gasteiger partial charge < -0.3 is 14.8 Å². The Bertz CT molecular complexity index is 417. The number of likely N-dealkylation sites (N-methyl/N-ethyl adjacent to an activating group) is 1. The van der Waals surface area contributed by atoms with E-state index in [1.807, 2.05) is 14.0 Å². The molecule has 0 bridgehead atoms. The number of ether oxygens (including phenoxy) is 2. The smallest absolute Gasteiger partial charge is 0.127 e. The zero-order valence-corrected chi connectivity index (χ0v) is 12.4. The van der Waals surface area contributed by atoms with Crippen molar-refractivity contribution in [2.24, 2.45) is 5.92 Å². The Labute approximate surface area is 116 Å². The average molecular weight is 263 g/mol. The highest BCUT2D eigenvalue weighted by atomic mass is 16.5. The van der Waals surface area contributed by atoms with Gasteiger partial charge in [0.1, 0.15) is 5.75 Å². The monoisotopic (exact) mass is 263 g/mol. The van der Waals surface area contributed by atoms with Gasteiger partial charge in [0.2, 0.25) is 0 Å². The van der Waals surface area contributed by atoms with Crippen LogP contribution in [0.3, 0.4) is 0 Å². The maximum Gasteiger partial charge on any atom is 0.127 e. The number of nitrogens with one attached hydrogen (secondary N) is 1. The molecule has 3 heteroatoms. The summed E-state index contributed by atoms with van der Waals surface area (Å²) >= 11 is 0. The van der Waals surface area contributed by atoms with Gasteiger partial charge in [-0.05, 0) is 25.5 Å². The van der Waals surface area contributed by atoms with Crippen LogP contribution in [0.15, 0.2) is 18.2 Å². The minimum absolute atomic E-state index is 0.158. The van der Waals surface area contributed by atoms with E-state index in [9.17, 15) is 0 Å². The van der Waals surface area contributed by atoms with E-state index in [0.29, 0.717) is 5.92 Å². The van der Waals surface area contributed by atoms with Gasteiger partial charge >= 0.3 is 0 Å². The first-order valence-electron chi connectivity index (χ1n) is 7.22. The van der Waals surface area contributed by atoms with Gasteiger partial charge in [-0.2, -0.15) is 0 Å². The molecule has 0 fully saturated rings. The summed E-state index contributed by atoms with van der Waals surface area (Å²) < 4.78 is 11.8. The Morgan fingerprint density at radius 3 is 2.79 bits per heavy atom. The van der Waals surface area contributed by atoms with Crippen molar-refractivity contribution in [2.75, 3.05) is 20.3 Å². The maximum atomic E-state index is 5.95. The molecule has 0 radical (unpaired) electrons. The predicted molar refractivity (Wildman–Crippen MR) is 77.7 cm³/mol. The van der Waals surface area contributed by atoms with Gasteiger partial charge in [0.25, 0.3) is 0 Å². The second-order valence-corrected chi connectivity index (χ2v) is 5.36. The highest BCUT2D eigenvalue weighted by Crippen LogP contribution is 2.36. The van der Waals surface area contributed by atoms with Gasteiger partial charge in [0.05, 0.1) is 18.8 Å². The standard InChI is InChI=1S/C16H25NO2/c1-5-18-15(11(2)3)14(17-4)13-8-6-7-12-9-10-19-16(12)13/h6-8,11,14-15,17H,5,9-10H2,1-4H3. The van der Waals surface area contributed by atoms with Crippen LogP contribution in [0.2, 0.25) is 0 Å². The van der Waals surface area contributed by atoms with Crippen LogP contribution in [-0.2, 0) is 11.2 Å². The number of rotatable bonds is 6. The lowest BCUT2D eigenvalue weighted by Crippen LogP contribution is -2.35. The summed E-state index contributed by atoms with van der Waals surface area (Å²) in [6.45, 7) is 7.98. The lowest BCUT2D eigenvalue weighted by atomic mass is 9.91. The van der Waals surface area contributed by atoms with Crippen LogP contribution < -0.4 is 10.1 Å². The van der Waals surface area contributed by atoms with Crippen LogP contribution in [0.25, 0.3) is 0 Å². The summed E-state index contributed by atoms with van der Waals surface area (Å²) in [4.78, 5) is 0. The van der Waals surface area contributed by atoms with Crippen LogP contribution in [0.5, 0.6) is 5.75 Å². The Balaban J connectivity index is 2.33. The molecule has 2 unspecified atom stereocenters. The molecule has 1 aromatic rings. The quantitative estimate of drug-likeness (QED) is 0.856. The van der Waals surface area contributed by atoms with E-state index in [1.165, 1.54) is 11.1 Å². The van der Waals surface area contributed by atoms with Crippen molar-refractivity contribution in [1.82, 2.24) is 5.32 Å². The van der Waals surface area contributed by atoms with E-state index in [4.69, 9.17) is 9.47 Å². The van der Waals surface area contributed by atoms with E-state index in [1.54, 1.807) is 0 Å². The first-order chi connectivity index (χ1) is 9.19. The lowest BCUT2D eigenvalue weighted by molar-refractivity contribution is 0.00409. The summed E-state index contributed by atoms with van der Waals surface area (Å²) in [6, 6.07) is 6.60. The molecule has 1 N–H and O–H groups in total.